The Hall–Kier alpha value is -1.19. The zero-order chi connectivity index (χ0) is 16.5. The molecule has 3 nitrogen and oxygen atoms in total. The summed E-state index contributed by atoms with van der Waals surface area (Å²) in [6.07, 6.45) is 5.39. The van der Waals surface area contributed by atoms with Gasteiger partial charge in [-0.25, -0.2) is 0 Å². The highest BCUT2D eigenvalue weighted by atomic mass is 16.5. The van der Waals surface area contributed by atoms with Crippen molar-refractivity contribution in [2.24, 2.45) is 5.92 Å². The second-order valence-corrected chi connectivity index (χ2v) is 6.61. The Morgan fingerprint density at radius 2 is 2.00 bits per heavy atom. The van der Waals surface area contributed by atoms with Crippen molar-refractivity contribution in [3.05, 3.63) is 35.4 Å². The summed E-state index contributed by atoms with van der Waals surface area (Å²) in [5, 5.41) is 0. The van der Waals surface area contributed by atoms with E-state index >= 15 is 0 Å². The number of likely N-dealkylation sites (tertiary alicyclic amines) is 1. The van der Waals surface area contributed by atoms with Crippen molar-refractivity contribution >= 4 is 5.78 Å². The van der Waals surface area contributed by atoms with Crippen molar-refractivity contribution in [2.75, 3.05) is 32.8 Å². The summed E-state index contributed by atoms with van der Waals surface area (Å²) in [5.41, 5.74) is 1.98. The van der Waals surface area contributed by atoms with E-state index in [0.29, 0.717) is 6.42 Å². The standard InChI is InChI=1S/C20H31NO2/c1-3-23-16-12-18-10-14-21(15-11-18)13-6-9-20(22)19-8-5-4-7-17(19)2/h4-5,7-8,18H,3,6,9-16H2,1-2H3. The fourth-order valence-corrected chi connectivity index (χ4v) is 3.38. The molecule has 3 heteroatoms. The third kappa shape index (κ3) is 6.08. The molecule has 0 N–H and O–H groups in total. The summed E-state index contributed by atoms with van der Waals surface area (Å²) >= 11 is 0. The monoisotopic (exact) mass is 317 g/mol. The highest BCUT2D eigenvalue weighted by Crippen LogP contribution is 2.21. The van der Waals surface area contributed by atoms with Gasteiger partial charge in [-0.05, 0) is 70.6 Å². The Morgan fingerprint density at radius 1 is 1.26 bits per heavy atom. The van der Waals surface area contributed by atoms with Gasteiger partial charge in [0.1, 0.15) is 0 Å². The molecule has 0 unspecified atom stereocenters. The number of hydrogen-bond acceptors (Lipinski definition) is 3. The summed E-state index contributed by atoms with van der Waals surface area (Å²) in [5.74, 6) is 1.11. The quantitative estimate of drug-likeness (QED) is 0.507. The second-order valence-electron chi connectivity index (χ2n) is 6.61. The van der Waals surface area contributed by atoms with Gasteiger partial charge in [0.25, 0.3) is 0 Å². The molecule has 0 aromatic heterocycles. The van der Waals surface area contributed by atoms with Crippen molar-refractivity contribution in [1.29, 1.82) is 0 Å². The van der Waals surface area contributed by atoms with Gasteiger partial charge in [0.15, 0.2) is 5.78 Å². The molecule has 1 aromatic rings. The van der Waals surface area contributed by atoms with Gasteiger partial charge in [0.2, 0.25) is 0 Å². The molecule has 1 aliphatic rings. The zero-order valence-electron chi connectivity index (χ0n) is 14.7. The van der Waals surface area contributed by atoms with E-state index in [2.05, 4.69) is 11.8 Å². The molecule has 0 saturated carbocycles. The van der Waals surface area contributed by atoms with E-state index in [4.69, 9.17) is 4.74 Å². The molecular weight excluding hydrogens is 286 g/mol. The van der Waals surface area contributed by atoms with E-state index in [1.807, 2.05) is 31.2 Å². The smallest absolute Gasteiger partial charge is 0.163 e. The van der Waals surface area contributed by atoms with E-state index in [0.717, 1.165) is 43.2 Å². The minimum absolute atomic E-state index is 0.287. The average molecular weight is 317 g/mol. The number of carbonyl (C=O) groups is 1. The van der Waals surface area contributed by atoms with E-state index in [1.165, 1.54) is 32.4 Å². The van der Waals surface area contributed by atoms with Crippen molar-refractivity contribution < 1.29 is 9.53 Å². The summed E-state index contributed by atoms with van der Waals surface area (Å²) in [7, 11) is 0. The zero-order valence-corrected chi connectivity index (χ0v) is 14.7. The van der Waals surface area contributed by atoms with Crippen LogP contribution in [0.2, 0.25) is 0 Å². The number of Topliss-reactive ketones (excluding diaryl/α,β-unsaturated/α-hetero) is 1. The molecule has 23 heavy (non-hydrogen) atoms. The molecule has 1 heterocycles. The van der Waals surface area contributed by atoms with Crippen molar-refractivity contribution in [1.82, 2.24) is 4.90 Å². The first kappa shape index (κ1) is 18.2. The van der Waals surface area contributed by atoms with Gasteiger partial charge in [-0.15, -0.1) is 0 Å². The Labute approximate surface area is 141 Å². The average Bonchev–Trinajstić information content (AvgIpc) is 2.57. The number of hydrogen-bond donors (Lipinski definition) is 0. The van der Waals surface area contributed by atoms with Gasteiger partial charge in [0.05, 0.1) is 0 Å². The summed E-state index contributed by atoms with van der Waals surface area (Å²) < 4.78 is 5.45. The van der Waals surface area contributed by atoms with Gasteiger partial charge < -0.3 is 9.64 Å². The van der Waals surface area contributed by atoms with Gasteiger partial charge in [-0.2, -0.15) is 0 Å². The van der Waals surface area contributed by atoms with Crippen LogP contribution in [0.25, 0.3) is 0 Å². The van der Waals surface area contributed by atoms with Crippen LogP contribution in [-0.4, -0.2) is 43.5 Å². The van der Waals surface area contributed by atoms with E-state index in [-0.39, 0.29) is 5.78 Å². The van der Waals surface area contributed by atoms with Crippen LogP contribution in [0.3, 0.4) is 0 Å². The lowest BCUT2D eigenvalue weighted by atomic mass is 9.93. The SMILES string of the molecule is CCOCCC1CCN(CCCC(=O)c2ccccc2C)CC1. The fraction of sp³-hybridized carbons (Fsp3) is 0.650. The van der Waals surface area contributed by atoms with E-state index in [1.54, 1.807) is 0 Å². The Bertz CT molecular complexity index is 478. The van der Waals surface area contributed by atoms with E-state index in [9.17, 15) is 4.79 Å². The fourth-order valence-electron chi connectivity index (χ4n) is 3.38. The molecule has 2 rings (SSSR count). The van der Waals surface area contributed by atoms with Crippen LogP contribution in [0.4, 0.5) is 0 Å². The molecule has 1 aliphatic heterocycles. The minimum Gasteiger partial charge on any atom is -0.382 e. The van der Waals surface area contributed by atoms with Crippen LogP contribution >= 0.6 is 0 Å². The van der Waals surface area contributed by atoms with Crippen LogP contribution in [0.1, 0.15) is 54.9 Å². The number of rotatable bonds is 9. The van der Waals surface area contributed by atoms with Crippen LogP contribution < -0.4 is 0 Å². The molecular formula is C20H31NO2. The third-order valence-electron chi connectivity index (χ3n) is 4.91. The van der Waals surface area contributed by atoms with Crippen molar-refractivity contribution in [2.45, 2.75) is 46.0 Å². The largest absolute Gasteiger partial charge is 0.382 e. The van der Waals surface area contributed by atoms with Gasteiger partial charge in [-0.3, -0.25) is 4.79 Å². The molecule has 0 amide bonds. The Morgan fingerprint density at radius 3 is 2.70 bits per heavy atom. The van der Waals surface area contributed by atoms with Crippen molar-refractivity contribution in [3.63, 3.8) is 0 Å². The summed E-state index contributed by atoms with van der Waals surface area (Å²) in [6.45, 7) is 9.21. The summed E-state index contributed by atoms with van der Waals surface area (Å²) in [4.78, 5) is 14.8. The molecule has 0 aliphatic carbocycles. The van der Waals surface area contributed by atoms with Gasteiger partial charge in [-0.1, -0.05) is 24.3 Å². The number of nitrogens with zero attached hydrogens (tertiary/aromatic N) is 1. The summed E-state index contributed by atoms with van der Waals surface area (Å²) in [6, 6.07) is 7.90. The predicted octanol–water partition coefficient (Wildman–Crippen LogP) is 4.10. The molecule has 0 spiro atoms. The molecule has 1 saturated heterocycles. The van der Waals surface area contributed by atoms with Crippen LogP contribution in [-0.2, 0) is 4.74 Å². The van der Waals surface area contributed by atoms with E-state index < -0.39 is 0 Å². The molecule has 0 bridgehead atoms. The minimum atomic E-state index is 0.287. The number of benzene rings is 1. The third-order valence-corrected chi connectivity index (χ3v) is 4.91. The first-order chi connectivity index (χ1) is 11.2. The normalized spacial score (nSPS) is 16.6. The maximum Gasteiger partial charge on any atom is 0.163 e. The number of ether oxygens (including phenoxy) is 1. The first-order valence-corrected chi connectivity index (χ1v) is 9.09. The van der Waals surface area contributed by atoms with Gasteiger partial charge >= 0.3 is 0 Å². The number of ketones is 1. The lowest BCUT2D eigenvalue weighted by Crippen LogP contribution is -2.34. The lowest BCUT2D eigenvalue weighted by Gasteiger charge is -2.31. The Balaban J connectivity index is 1.62. The van der Waals surface area contributed by atoms with Crippen LogP contribution in [0.5, 0.6) is 0 Å². The molecule has 0 radical (unpaired) electrons. The van der Waals surface area contributed by atoms with Crippen LogP contribution in [0.15, 0.2) is 24.3 Å². The van der Waals surface area contributed by atoms with Crippen LogP contribution in [0, 0.1) is 12.8 Å². The maximum absolute atomic E-state index is 12.3. The predicted molar refractivity (Wildman–Crippen MR) is 95.0 cm³/mol. The maximum atomic E-state index is 12.3. The second kappa shape index (κ2) is 9.84. The van der Waals surface area contributed by atoms with Crippen molar-refractivity contribution in [3.8, 4) is 0 Å². The number of aryl methyl sites for hydroxylation is 1. The molecule has 1 fully saturated rings. The first-order valence-electron chi connectivity index (χ1n) is 9.09. The lowest BCUT2D eigenvalue weighted by molar-refractivity contribution is 0.0957. The molecule has 128 valence electrons. The molecule has 0 atom stereocenters. The molecule has 1 aromatic carbocycles. The number of carbonyl (C=O) groups excluding carboxylic acids is 1. The number of piperidine rings is 1. The van der Waals surface area contributed by atoms with Gasteiger partial charge in [0, 0.05) is 25.2 Å². The Kier molecular flexibility index (Phi) is 7.77. The highest BCUT2D eigenvalue weighted by Gasteiger charge is 2.19. The highest BCUT2D eigenvalue weighted by molar-refractivity contribution is 5.97. The topological polar surface area (TPSA) is 29.5 Å².